The first-order chi connectivity index (χ1) is 13.0. The van der Waals surface area contributed by atoms with E-state index in [0.29, 0.717) is 22.7 Å². The van der Waals surface area contributed by atoms with Crippen molar-refractivity contribution in [2.75, 3.05) is 11.8 Å². The molecule has 7 heteroatoms. The number of hydrogen-bond acceptors (Lipinski definition) is 5. The summed E-state index contributed by atoms with van der Waals surface area (Å²) in [7, 11) is -2.48. The van der Waals surface area contributed by atoms with Gasteiger partial charge in [0.2, 0.25) is 0 Å². The van der Waals surface area contributed by atoms with E-state index in [9.17, 15) is 13.2 Å². The van der Waals surface area contributed by atoms with Crippen LogP contribution in [-0.2, 0) is 14.8 Å². The van der Waals surface area contributed by atoms with E-state index in [4.69, 9.17) is 4.74 Å². The van der Waals surface area contributed by atoms with Gasteiger partial charge >= 0.3 is 5.97 Å². The predicted molar refractivity (Wildman–Crippen MR) is 102 cm³/mol. The van der Waals surface area contributed by atoms with Crippen LogP contribution in [0.4, 0.5) is 5.69 Å². The number of anilines is 1. The van der Waals surface area contributed by atoms with Crippen LogP contribution in [0.15, 0.2) is 83.8 Å². The summed E-state index contributed by atoms with van der Waals surface area (Å²) in [6, 6.07) is 21.3. The lowest BCUT2D eigenvalue weighted by Gasteiger charge is -2.10. The van der Waals surface area contributed by atoms with Gasteiger partial charge in [0.1, 0.15) is 11.5 Å². The van der Waals surface area contributed by atoms with E-state index in [1.54, 1.807) is 12.1 Å². The topological polar surface area (TPSA) is 81.7 Å². The molecule has 0 aliphatic carbocycles. The highest BCUT2D eigenvalue weighted by atomic mass is 32.2. The third-order valence-corrected chi connectivity index (χ3v) is 5.07. The maximum atomic E-state index is 12.5. The third kappa shape index (κ3) is 4.65. The van der Waals surface area contributed by atoms with E-state index in [-0.39, 0.29) is 4.90 Å². The molecule has 0 heterocycles. The van der Waals surface area contributed by atoms with Crippen molar-refractivity contribution in [3.8, 4) is 11.5 Å². The fraction of sp³-hybridized carbons (Fsp3) is 0.0500. The average molecular weight is 383 g/mol. The Morgan fingerprint density at radius 2 is 1.41 bits per heavy atom. The molecular weight excluding hydrogens is 366 g/mol. The van der Waals surface area contributed by atoms with Gasteiger partial charge in [0.15, 0.2) is 0 Å². The zero-order chi connectivity index (χ0) is 19.3. The molecule has 1 N–H and O–H groups in total. The molecular formula is C20H17NO5S. The Morgan fingerprint density at radius 3 is 2.00 bits per heavy atom. The number of esters is 1. The lowest BCUT2D eigenvalue weighted by molar-refractivity contribution is 0.0601. The number of para-hydroxylation sites is 1. The van der Waals surface area contributed by atoms with Gasteiger partial charge in [-0.05, 0) is 60.7 Å². The minimum Gasteiger partial charge on any atom is -0.465 e. The standard InChI is InChI=1S/C20H17NO5S/c1-25-20(22)15-7-9-16(10-8-15)21-27(23,24)19-13-11-18(12-14-19)26-17-5-3-2-4-6-17/h2-14,21H,1H3. The molecule has 138 valence electrons. The van der Waals surface area contributed by atoms with Crippen molar-refractivity contribution < 1.29 is 22.7 Å². The Hall–Kier alpha value is -3.32. The molecule has 0 saturated heterocycles. The molecule has 0 fully saturated rings. The smallest absolute Gasteiger partial charge is 0.337 e. The van der Waals surface area contributed by atoms with Gasteiger partial charge in [0, 0.05) is 5.69 Å². The molecule has 0 aliphatic heterocycles. The maximum absolute atomic E-state index is 12.5. The van der Waals surface area contributed by atoms with Gasteiger partial charge in [0.05, 0.1) is 17.6 Å². The number of carbonyl (C=O) groups excluding carboxylic acids is 1. The van der Waals surface area contributed by atoms with E-state index < -0.39 is 16.0 Å². The van der Waals surface area contributed by atoms with Crippen LogP contribution in [0, 0.1) is 0 Å². The monoisotopic (exact) mass is 383 g/mol. The Kier molecular flexibility index (Phi) is 5.42. The predicted octanol–water partition coefficient (Wildman–Crippen LogP) is 4.07. The highest BCUT2D eigenvalue weighted by Gasteiger charge is 2.15. The van der Waals surface area contributed by atoms with Crippen molar-refractivity contribution in [2.45, 2.75) is 4.90 Å². The first kappa shape index (κ1) is 18.5. The number of hydrogen-bond donors (Lipinski definition) is 1. The van der Waals surface area contributed by atoms with Crippen LogP contribution in [0.2, 0.25) is 0 Å². The SMILES string of the molecule is COC(=O)c1ccc(NS(=O)(=O)c2ccc(Oc3ccccc3)cc2)cc1. The summed E-state index contributed by atoms with van der Waals surface area (Å²) in [6.07, 6.45) is 0. The van der Waals surface area contributed by atoms with Crippen molar-refractivity contribution >= 4 is 21.7 Å². The average Bonchev–Trinajstić information content (AvgIpc) is 2.69. The Morgan fingerprint density at radius 1 is 0.815 bits per heavy atom. The summed E-state index contributed by atoms with van der Waals surface area (Å²) in [5.74, 6) is 0.706. The number of ether oxygens (including phenoxy) is 2. The van der Waals surface area contributed by atoms with Crippen molar-refractivity contribution in [1.29, 1.82) is 0 Å². The molecule has 0 radical (unpaired) electrons. The van der Waals surface area contributed by atoms with Gasteiger partial charge in [-0.2, -0.15) is 0 Å². The molecule has 6 nitrogen and oxygen atoms in total. The van der Waals surface area contributed by atoms with Gasteiger partial charge in [-0.1, -0.05) is 18.2 Å². The van der Waals surface area contributed by atoms with Crippen LogP contribution in [0.5, 0.6) is 11.5 Å². The Balaban J connectivity index is 1.72. The van der Waals surface area contributed by atoms with E-state index in [0.717, 1.165) is 0 Å². The minimum absolute atomic E-state index is 0.0972. The van der Waals surface area contributed by atoms with Crippen molar-refractivity contribution in [3.63, 3.8) is 0 Å². The number of carbonyl (C=O) groups is 1. The summed E-state index contributed by atoms with van der Waals surface area (Å²) in [5.41, 5.74) is 0.676. The van der Waals surface area contributed by atoms with Gasteiger partial charge in [-0.25, -0.2) is 13.2 Å². The highest BCUT2D eigenvalue weighted by Crippen LogP contribution is 2.23. The molecule has 0 aromatic heterocycles. The minimum atomic E-state index is -3.76. The van der Waals surface area contributed by atoms with E-state index in [1.165, 1.54) is 43.5 Å². The van der Waals surface area contributed by atoms with E-state index in [2.05, 4.69) is 9.46 Å². The van der Waals surface area contributed by atoms with E-state index >= 15 is 0 Å². The van der Waals surface area contributed by atoms with Crippen molar-refractivity contribution in [2.24, 2.45) is 0 Å². The molecule has 3 aromatic rings. The fourth-order valence-electron chi connectivity index (χ4n) is 2.32. The number of methoxy groups -OCH3 is 1. The van der Waals surface area contributed by atoms with Gasteiger partial charge in [-0.3, -0.25) is 4.72 Å². The van der Waals surface area contributed by atoms with Crippen molar-refractivity contribution in [3.05, 3.63) is 84.4 Å². The largest absolute Gasteiger partial charge is 0.465 e. The lowest BCUT2D eigenvalue weighted by atomic mass is 10.2. The first-order valence-electron chi connectivity index (χ1n) is 8.02. The zero-order valence-corrected chi connectivity index (χ0v) is 15.3. The highest BCUT2D eigenvalue weighted by molar-refractivity contribution is 7.92. The van der Waals surface area contributed by atoms with Gasteiger partial charge in [0.25, 0.3) is 10.0 Å². The van der Waals surface area contributed by atoms with Crippen LogP contribution < -0.4 is 9.46 Å². The molecule has 0 spiro atoms. The quantitative estimate of drug-likeness (QED) is 0.649. The van der Waals surface area contributed by atoms with Gasteiger partial charge in [-0.15, -0.1) is 0 Å². The van der Waals surface area contributed by atoms with Crippen LogP contribution >= 0.6 is 0 Å². The summed E-state index contributed by atoms with van der Waals surface area (Å²) in [6.45, 7) is 0. The second kappa shape index (κ2) is 7.92. The summed E-state index contributed by atoms with van der Waals surface area (Å²) < 4.78 is 37.7. The number of sulfonamides is 1. The van der Waals surface area contributed by atoms with Gasteiger partial charge < -0.3 is 9.47 Å². The number of nitrogens with one attached hydrogen (secondary N) is 1. The second-order valence-corrected chi connectivity index (χ2v) is 7.24. The fourth-order valence-corrected chi connectivity index (χ4v) is 3.38. The molecule has 0 unspecified atom stereocenters. The number of benzene rings is 3. The molecule has 0 bridgehead atoms. The lowest BCUT2D eigenvalue weighted by Crippen LogP contribution is -2.13. The molecule has 3 aromatic carbocycles. The summed E-state index contributed by atoms with van der Waals surface area (Å²) in [4.78, 5) is 11.5. The molecule has 0 aliphatic rings. The molecule has 27 heavy (non-hydrogen) atoms. The van der Waals surface area contributed by atoms with Crippen LogP contribution in [0.1, 0.15) is 10.4 Å². The summed E-state index contributed by atoms with van der Waals surface area (Å²) >= 11 is 0. The Bertz CT molecular complexity index is 1010. The van der Waals surface area contributed by atoms with Crippen LogP contribution in [0.3, 0.4) is 0 Å². The van der Waals surface area contributed by atoms with Crippen molar-refractivity contribution in [1.82, 2.24) is 0 Å². The maximum Gasteiger partial charge on any atom is 0.337 e. The normalized spacial score (nSPS) is 10.9. The summed E-state index contributed by atoms with van der Waals surface area (Å²) in [5, 5.41) is 0. The Labute approximate surface area is 157 Å². The van der Waals surface area contributed by atoms with E-state index in [1.807, 2.05) is 30.3 Å². The first-order valence-corrected chi connectivity index (χ1v) is 9.50. The van der Waals surface area contributed by atoms with Crippen LogP contribution in [-0.4, -0.2) is 21.5 Å². The second-order valence-electron chi connectivity index (χ2n) is 5.56. The molecule has 0 atom stereocenters. The van der Waals surface area contributed by atoms with Crippen LogP contribution in [0.25, 0.3) is 0 Å². The molecule has 3 rings (SSSR count). The number of rotatable bonds is 6. The zero-order valence-electron chi connectivity index (χ0n) is 14.5. The third-order valence-electron chi connectivity index (χ3n) is 3.67. The molecule has 0 saturated carbocycles. The molecule has 0 amide bonds.